The number of thiocarbonyl (C=S) groups is 1. The number of nitrogens with two attached hydrogens (primary N) is 1. The van der Waals surface area contributed by atoms with Crippen LogP contribution in [0.1, 0.15) is 24.8 Å². The molecule has 5 nitrogen and oxygen atoms in total. The van der Waals surface area contributed by atoms with Crippen molar-refractivity contribution in [2.75, 3.05) is 4.90 Å². The topological polar surface area (TPSA) is 75.4 Å². The SMILES string of the molecule is C#CCCc1ccc(N2C(=O)C(CCC(N)=O)NC2=S)cc1. The molecule has 2 rings (SSSR count). The van der Waals surface area contributed by atoms with Gasteiger partial charge in [0.2, 0.25) is 5.91 Å². The third-order valence-corrected chi connectivity index (χ3v) is 3.75. The molecule has 0 aliphatic carbocycles. The van der Waals surface area contributed by atoms with Gasteiger partial charge in [0.25, 0.3) is 5.91 Å². The van der Waals surface area contributed by atoms with Gasteiger partial charge in [0, 0.05) is 12.8 Å². The van der Waals surface area contributed by atoms with Crippen molar-refractivity contribution in [3.8, 4) is 12.3 Å². The maximum Gasteiger partial charge on any atom is 0.255 e. The van der Waals surface area contributed by atoms with Gasteiger partial charge in [-0.1, -0.05) is 12.1 Å². The third kappa shape index (κ3) is 3.62. The van der Waals surface area contributed by atoms with E-state index in [1.54, 1.807) is 0 Å². The molecule has 1 fully saturated rings. The van der Waals surface area contributed by atoms with Crippen molar-refractivity contribution in [1.29, 1.82) is 0 Å². The van der Waals surface area contributed by atoms with E-state index in [1.165, 1.54) is 4.90 Å². The van der Waals surface area contributed by atoms with Crippen LogP contribution in [0.4, 0.5) is 5.69 Å². The Morgan fingerprint density at radius 2 is 2.09 bits per heavy atom. The molecule has 0 bridgehead atoms. The fourth-order valence-corrected chi connectivity index (χ4v) is 2.62. The molecule has 0 radical (unpaired) electrons. The first-order chi connectivity index (χ1) is 10.5. The molecule has 1 heterocycles. The molecule has 0 aromatic heterocycles. The number of aryl methyl sites for hydroxylation is 1. The Morgan fingerprint density at radius 1 is 1.41 bits per heavy atom. The van der Waals surface area contributed by atoms with E-state index in [2.05, 4.69) is 11.2 Å². The predicted octanol–water partition coefficient (Wildman–Crippen LogP) is 1.11. The quantitative estimate of drug-likeness (QED) is 0.609. The Balaban J connectivity index is 2.08. The van der Waals surface area contributed by atoms with Crippen LogP contribution in [0.15, 0.2) is 24.3 Å². The second-order valence-corrected chi connectivity index (χ2v) is 5.44. The molecule has 1 aliphatic heterocycles. The first-order valence-electron chi connectivity index (χ1n) is 6.98. The van der Waals surface area contributed by atoms with Crippen LogP contribution in [0, 0.1) is 12.3 Å². The van der Waals surface area contributed by atoms with Gasteiger partial charge in [0.15, 0.2) is 5.11 Å². The zero-order chi connectivity index (χ0) is 16.1. The van der Waals surface area contributed by atoms with Gasteiger partial charge >= 0.3 is 0 Å². The second-order valence-electron chi connectivity index (χ2n) is 5.05. The van der Waals surface area contributed by atoms with E-state index in [9.17, 15) is 9.59 Å². The molecular formula is C16H17N3O2S. The number of primary amides is 1. The molecule has 22 heavy (non-hydrogen) atoms. The van der Waals surface area contributed by atoms with E-state index in [4.69, 9.17) is 24.4 Å². The molecular weight excluding hydrogens is 298 g/mol. The highest BCUT2D eigenvalue weighted by molar-refractivity contribution is 7.80. The number of nitrogens with one attached hydrogen (secondary N) is 1. The highest BCUT2D eigenvalue weighted by atomic mass is 32.1. The van der Waals surface area contributed by atoms with Crippen molar-refractivity contribution >= 4 is 34.8 Å². The molecule has 6 heteroatoms. The number of benzene rings is 1. The van der Waals surface area contributed by atoms with Crippen LogP contribution in [0.25, 0.3) is 0 Å². The largest absolute Gasteiger partial charge is 0.370 e. The number of hydrogen-bond acceptors (Lipinski definition) is 3. The molecule has 114 valence electrons. The Morgan fingerprint density at radius 3 is 2.68 bits per heavy atom. The Bertz CT molecular complexity index is 634. The molecule has 1 aromatic carbocycles. The first kappa shape index (κ1) is 16.0. The molecule has 1 aromatic rings. The summed E-state index contributed by atoms with van der Waals surface area (Å²) in [4.78, 5) is 24.7. The van der Waals surface area contributed by atoms with Gasteiger partial charge in [-0.2, -0.15) is 0 Å². The highest BCUT2D eigenvalue weighted by Gasteiger charge is 2.36. The van der Waals surface area contributed by atoms with E-state index < -0.39 is 11.9 Å². The van der Waals surface area contributed by atoms with Crippen LogP contribution in [0.5, 0.6) is 0 Å². The summed E-state index contributed by atoms with van der Waals surface area (Å²) in [5, 5.41) is 3.27. The van der Waals surface area contributed by atoms with E-state index in [0.717, 1.165) is 12.0 Å². The molecule has 1 aliphatic rings. The van der Waals surface area contributed by atoms with Crippen molar-refractivity contribution in [2.24, 2.45) is 5.73 Å². The summed E-state index contributed by atoms with van der Waals surface area (Å²) in [5.74, 6) is 2.00. The summed E-state index contributed by atoms with van der Waals surface area (Å²) in [5.41, 5.74) is 6.93. The number of amides is 2. The number of anilines is 1. The van der Waals surface area contributed by atoms with Gasteiger partial charge in [-0.05, 0) is 42.8 Å². The second kappa shape index (κ2) is 7.05. The molecule has 1 saturated heterocycles. The van der Waals surface area contributed by atoms with Gasteiger partial charge in [-0.3, -0.25) is 14.5 Å². The van der Waals surface area contributed by atoms with Crippen LogP contribution in [-0.4, -0.2) is 23.0 Å². The average Bonchev–Trinajstić information content (AvgIpc) is 2.78. The Hall–Kier alpha value is -2.39. The Labute approximate surface area is 134 Å². The lowest BCUT2D eigenvalue weighted by Gasteiger charge is -2.15. The summed E-state index contributed by atoms with van der Waals surface area (Å²) < 4.78 is 0. The van der Waals surface area contributed by atoms with Gasteiger partial charge in [0.05, 0.1) is 5.69 Å². The monoisotopic (exact) mass is 315 g/mol. The maximum absolute atomic E-state index is 12.4. The molecule has 3 N–H and O–H groups in total. The Kier molecular flexibility index (Phi) is 5.12. The number of carbonyl (C=O) groups is 2. The summed E-state index contributed by atoms with van der Waals surface area (Å²) in [6.45, 7) is 0. The van der Waals surface area contributed by atoms with Crippen molar-refractivity contribution < 1.29 is 9.59 Å². The van der Waals surface area contributed by atoms with Crippen LogP contribution in [0.2, 0.25) is 0 Å². The lowest BCUT2D eigenvalue weighted by atomic mass is 10.1. The molecule has 0 spiro atoms. The minimum atomic E-state index is -0.499. The number of rotatable bonds is 6. The molecule has 0 saturated carbocycles. The number of hydrogen-bond donors (Lipinski definition) is 2. The van der Waals surface area contributed by atoms with Crippen molar-refractivity contribution in [1.82, 2.24) is 5.32 Å². The third-order valence-electron chi connectivity index (χ3n) is 3.45. The highest BCUT2D eigenvalue weighted by Crippen LogP contribution is 2.22. The van der Waals surface area contributed by atoms with Crippen LogP contribution in [0.3, 0.4) is 0 Å². The van der Waals surface area contributed by atoms with Gasteiger partial charge in [-0.25, -0.2) is 0 Å². The summed E-state index contributed by atoms with van der Waals surface area (Å²) >= 11 is 5.21. The molecule has 2 amide bonds. The van der Waals surface area contributed by atoms with E-state index in [0.29, 0.717) is 23.6 Å². The number of terminal acetylenes is 1. The predicted molar refractivity (Wildman–Crippen MR) is 89.0 cm³/mol. The van der Waals surface area contributed by atoms with Gasteiger partial charge in [-0.15, -0.1) is 12.3 Å². The van der Waals surface area contributed by atoms with Crippen LogP contribution < -0.4 is 16.0 Å². The average molecular weight is 315 g/mol. The van der Waals surface area contributed by atoms with Gasteiger partial charge in [0.1, 0.15) is 6.04 Å². The van der Waals surface area contributed by atoms with E-state index in [-0.39, 0.29) is 12.3 Å². The lowest BCUT2D eigenvalue weighted by molar-refractivity contribution is -0.119. The summed E-state index contributed by atoms with van der Waals surface area (Å²) in [7, 11) is 0. The molecule has 1 atom stereocenters. The standard InChI is InChI=1S/C16H17N3O2S/c1-2-3-4-11-5-7-12(8-6-11)19-15(21)13(18-16(19)22)9-10-14(17)20/h1,5-8,13H,3-4,9-10H2,(H2,17,20)(H,18,22). The van der Waals surface area contributed by atoms with Crippen LogP contribution >= 0.6 is 12.2 Å². The maximum atomic E-state index is 12.4. The number of nitrogens with zero attached hydrogens (tertiary/aromatic N) is 1. The van der Waals surface area contributed by atoms with E-state index >= 15 is 0 Å². The summed E-state index contributed by atoms with van der Waals surface area (Å²) in [6.07, 6.45) is 7.21. The van der Waals surface area contributed by atoms with Gasteiger partial charge < -0.3 is 11.1 Å². The minimum Gasteiger partial charge on any atom is -0.370 e. The van der Waals surface area contributed by atoms with E-state index in [1.807, 2.05) is 24.3 Å². The van der Waals surface area contributed by atoms with Crippen molar-refractivity contribution in [3.05, 3.63) is 29.8 Å². The normalized spacial score (nSPS) is 17.2. The zero-order valence-corrected chi connectivity index (χ0v) is 12.9. The fraction of sp³-hybridized carbons (Fsp3) is 0.312. The summed E-state index contributed by atoms with van der Waals surface area (Å²) in [6, 6.07) is 7.04. The minimum absolute atomic E-state index is 0.144. The van der Waals surface area contributed by atoms with Crippen molar-refractivity contribution in [3.63, 3.8) is 0 Å². The molecule has 1 unspecified atom stereocenters. The van der Waals surface area contributed by atoms with Crippen LogP contribution in [-0.2, 0) is 16.0 Å². The lowest BCUT2D eigenvalue weighted by Crippen LogP contribution is -2.31. The first-order valence-corrected chi connectivity index (χ1v) is 7.39. The zero-order valence-electron chi connectivity index (χ0n) is 12.0. The van der Waals surface area contributed by atoms with Crippen molar-refractivity contribution in [2.45, 2.75) is 31.7 Å². The number of carbonyl (C=O) groups excluding carboxylic acids is 2. The smallest absolute Gasteiger partial charge is 0.255 e. The fourth-order valence-electron chi connectivity index (χ4n) is 2.29.